The number of fused-ring (bicyclic) bond motifs is 2. The van der Waals surface area contributed by atoms with Crippen LogP contribution in [0, 0.1) is 17.2 Å². The van der Waals surface area contributed by atoms with Crippen LogP contribution in [0.25, 0.3) is 0 Å². The Balaban J connectivity index is 2.02. The van der Waals surface area contributed by atoms with E-state index in [-0.39, 0.29) is 5.92 Å². The third-order valence-electron chi connectivity index (χ3n) is 3.35. The Kier molecular flexibility index (Phi) is 1.85. The highest BCUT2D eigenvalue weighted by Gasteiger charge is 2.29. The topological polar surface area (TPSA) is 36.1 Å². The molecule has 0 aromatic rings. The van der Waals surface area contributed by atoms with Crippen LogP contribution in [0.3, 0.4) is 0 Å². The number of aliphatic imine (C=N–C) groups is 1. The summed E-state index contributed by atoms with van der Waals surface area (Å²) in [6, 6.07) is 2.39. The van der Waals surface area contributed by atoms with Crippen molar-refractivity contribution >= 4 is 5.71 Å². The van der Waals surface area contributed by atoms with E-state index in [0.717, 1.165) is 31.4 Å². The van der Waals surface area contributed by atoms with Crippen LogP contribution in [-0.4, -0.2) is 5.71 Å². The zero-order valence-corrected chi connectivity index (χ0v) is 8.53. The fraction of sp³-hybridized carbons (Fsp3) is 0.385. The zero-order chi connectivity index (χ0) is 10.3. The molecular formula is C13H12N2. The molecule has 1 aliphatic heterocycles. The molecule has 1 saturated carbocycles. The van der Waals surface area contributed by atoms with Gasteiger partial charge in [-0.05, 0) is 42.9 Å². The molecule has 0 aromatic carbocycles. The Bertz CT molecular complexity index is 469. The highest BCUT2D eigenvalue weighted by molar-refractivity contribution is 6.05. The lowest BCUT2D eigenvalue weighted by Gasteiger charge is -2.19. The molecule has 2 heteroatoms. The molecule has 1 unspecified atom stereocenters. The van der Waals surface area contributed by atoms with Crippen molar-refractivity contribution in [2.45, 2.75) is 25.7 Å². The molecule has 0 amide bonds. The molecule has 1 fully saturated rings. The lowest BCUT2D eigenvalue weighted by atomic mass is 9.82. The van der Waals surface area contributed by atoms with E-state index in [1.165, 1.54) is 16.9 Å². The minimum Gasteiger partial charge on any atom is -0.253 e. The SMILES string of the molecule is N#CC1CCC2=NC3=CC=CCC3=C2C1. The summed E-state index contributed by atoms with van der Waals surface area (Å²) in [5.74, 6) is 0.205. The van der Waals surface area contributed by atoms with Gasteiger partial charge < -0.3 is 0 Å². The fourth-order valence-electron chi connectivity index (χ4n) is 2.54. The minimum atomic E-state index is 0.205. The van der Waals surface area contributed by atoms with Gasteiger partial charge in [-0.25, -0.2) is 0 Å². The van der Waals surface area contributed by atoms with Gasteiger partial charge in [0.05, 0.1) is 17.7 Å². The summed E-state index contributed by atoms with van der Waals surface area (Å²) in [5.41, 5.74) is 5.11. The Morgan fingerprint density at radius 1 is 1.40 bits per heavy atom. The molecule has 1 heterocycles. The van der Waals surface area contributed by atoms with E-state index in [1.807, 2.05) is 0 Å². The van der Waals surface area contributed by atoms with Gasteiger partial charge in [0.15, 0.2) is 0 Å². The quantitative estimate of drug-likeness (QED) is 0.586. The van der Waals surface area contributed by atoms with Crippen molar-refractivity contribution in [1.29, 1.82) is 5.26 Å². The summed E-state index contributed by atoms with van der Waals surface area (Å²) in [6.07, 6.45) is 10.2. The van der Waals surface area contributed by atoms with E-state index in [9.17, 15) is 0 Å². The fourth-order valence-corrected chi connectivity index (χ4v) is 2.54. The third-order valence-corrected chi connectivity index (χ3v) is 3.35. The number of allylic oxidation sites excluding steroid dienone is 5. The number of hydrogen-bond donors (Lipinski definition) is 0. The van der Waals surface area contributed by atoms with Crippen molar-refractivity contribution in [2.75, 3.05) is 0 Å². The first-order valence-electron chi connectivity index (χ1n) is 5.45. The largest absolute Gasteiger partial charge is 0.253 e. The van der Waals surface area contributed by atoms with Crippen LogP contribution in [0.4, 0.5) is 0 Å². The van der Waals surface area contributed by atoms with Gasteiger partial charge in [0.1, 0.15) is 0 Å². The predicted octanol–water partition coefficient (Wildman–Crippen LogP) is 2.91. The summed E-state index contributed by atoms with van der Waals surface area (Å²) >= 11 is 0. The average Bonchev–Trinajstić information content (AvgIpc) is 2.66. The van der Waals surface area contributed by atoms with Crippen LogP contribution >= 0.6 is 0 Å². The van der Waals surface area contributed by atoms with Gasteiger partial charge in [-0.1, -0.05) is 12.2 Å². The Morgan fingerprint density at radius 2 is 2.33 bits per heavy atom. The van der Waals surface area contributed by atoms with Crippen molar-refractivity contribution in [3.05, 3.63) is 35.1 Å². The summed E-state index contributed by atoms with van der Waals surface area (Å²) < 4.78 is 0. The molecule has 0 N–H and O–H groups in total. The van der Waals surface area contributed by atoms with Gasteiger partial charge in [0.2, 0.25) is 0 Å². The van der Waals surface area contributed by atoms with Crippen molar-refractivity contribution in [3.8, 4) is 6.07 Å². The van der Waals surface area contributed by atoms with Crippen molar-refractivity contribution in [1.82, 2.24) is 0 Å². The van der Waals surface area contributed by atoms with Crippen molar-refractivity contribution < 1.29 is 0 Å². The number of nitriles is 1. The molecule has 0 radical (unpaired) electrons. The zero-order valence-electron chi connectivity index (χ0n) is 8.53. The molecule has 0 bridgehead atoms. The third kappa shape index (κ3) is 1.27. The van der Waals surface area contributed by atoms with Crippen molar-refractivity contribution in [2.24, 2.45) is 10.9 Å². The van der Waals surface area contributed by atoms with E-state index in [2.05, 4.69) is 29.3 Å². The second-order valence-corrected chi connectivity index (χ2v) is 4.27. The molecule has 15 heavy (non-hydrogen) atoms. The minimum absolute atomic E-state index is 0.205. The molecule has 2 aliphatic carbocycles. The maximum atomic E-state index is 8.97. The molecule has 2 nitrogen and oxygen atoms in total. The Morgan fingerprint density at radius 3 is 3.20 bits per heavy atom. The maximum absolute atomic E-state index is 8.97. The first-order valence-corrected chi connectivity index (χ1v) is 5.45. The molecule has 3 rings (SSSR count). The predicted molar refractivity (Wildman–Crippen MR) is 59.3 cm³/mol. The van der Waals surface area contributed by atoms with E-state index < -0.39 is 0 Å². The molecule has 3 aliphatic rings. The highest BCUT2D eigenvalue weighted by atomic mass is 14.8. The van der Waals surface area contributed by atoms with Crippen LogP contribution in [0.1, 0.15) is 25.7 Å². The van der Waals surface area contributed by atoms with Crippen LogP contribution in [0.15, 0.2) is 40.1 Å². The van der Waals surface area contributed by atoms with Gasteiger partial charge in [-0.3, -0.25) is 4.99 Å². The summed E-state index contributed by atoms with van der Waals surface area (Å²) in [7, 11) is 0. The Labute approximate surface area is 89.3 Å². The smallest absolute Gasteiger partial charge is 0.0671 e. The monoisotopic (exact) mass is 196 g/mol. The normalized spacial score (nSPS) is 27.8. The van der Waals surface area contributed by atoms with Gasteiger partial charge in [0.25, 0.3) is 0 Å². The van der Waals surface area contributed by atoms with Crippen LogP contribution < -0.4 is 0 Å². The van der Waals surface area contributed by atoms with E-state index in [4.69, 9.17) is 5.26 Å². The summed E-state index contributed by atoms with van der Waals surface area (Å²) in [5, 5.41) is 8.97. The maximum Gasteiger partial charge on any atom is 0.0671 e. The van der Waals surface area contributed by atoms with E-state index >= 15 is 0 Å². The van der Waals surface area contributed by atoms with Gasteiger partial charge in [-0.2, -0.15) is 5.26 Å². The van der Waals surface area contributed by atoms with Gasteiger partial charge in [-0.15, -0.1) is 0 Å². The second-order valence-electron chi connectivity index (χ2n) is 4.27. The number of nitrogens with zero attached hydrogens (tertiary/aromatic N) is 2. The van der Waals surface area contributed by atoms with Crippen LogP contribution in [0.2, 0.25) is 0 Å². The lowest BCUT2D eigenvalue weighted by molar-refractivity contribution is 0.596. The molecular weight excluding hydrogens is 184 g/mol. The van der Waals surface area contributed by atoms with E-state index in [1.54, 1.807) is 0 Å². The van der Waals surface area contributed by atoms with E-state index in [0.29, 0.717) is 0 Å². The second kappa shape index (κ2) is 3.20. The Hall–Kier alpha value is -1.62. The van der Waals surface area contributed by atoms with Gasteiger partial charge in [0, 0.05) is 5.71 Å². The molecule has 74 valence electrons. The standard InChI is InChI=1S/C13H12N2/c14-8-9-5-6-13-11(7-9)10-3-1-2-4-12(10)15-13/h1-2,4,9H,3,5-7H2. The summed E-state index contributed by atoms with van der Waals surface area (Å²) in [4.78, 5) is 4.64. The highest BCUT2D eigenvalue weighted by Crippen LogP contribution is 2.39. The van der Waals surface area contributed by atoms with Crippen molar-refractivity contribution in [3.63, 3.8) is 0 Å². The average molecular weight is 196 g/mol. The van der Waals surface area contributed by atoms with Gasteiger partial charge >= 0.3 is 0 Å². The summed E-state index contributed by atoms with van der Waals surface area (Å²) in [6.45, 7) is 0. The number of rotatable bonds is 0. The number of hydrogen-bond acceptors (Lipinski definition) is 2. The molecule has 0 spiro atoms. The lowest BCUT2D eigenvalue weighted by Crippen LogP contribution is -2.15. The molecule has 0 aromatic heterocycles. The molecule has 0 saturated heterocycles. The first-order chi connectivity index (χ1) is 7.38. The molecule has 1 atom stereocenters. The van der Waals surface area contributed by atoms with Crippen LogP contribution in [-0.2, 0) is 0 Å². The van der Waals surface area contributed by atoms with Crippen LogP contribution in [0.5, 0.6) is 0 Å². The first kappa shape index (κ1) is 8.67.